The average molecular weight is 1000 g/mol. The maximum atomic E-state index is 11.2. The Kier molecular flexibility index (Phi) is 44.3. The van der Waals surface area contributed by atoms with Crippen LogP contribution >= 0.6 is 0 Å². The Hall–Kier alpha value is -1.05. The van der Waals surface area contributed by atoms with Gasteiger partial charge in [0.05, 0.1) is 74.7 Å². The Labute approximate surface area is 382 Å². The predicted molar refractivity (Wildman–Crippen MR) is 225 cm³/mol. The third-order valence-corrected chi connectivity index (χ3v) is 10.9. The molecule has 12 heteroatoms. The normalized spacial score (nSPS) is 11.3. The van der Waals surface area contributed by atoms with Gasteiger partial charge in [-0.2, -0.15) is 0 Å². The van der Waals surface area contributed by atoms with Crippen LogP contribution in [0.2, 0.25) is 0 Å². The van der Waals surface area contributed by atoms with Gasteiger partial charge in [0.2, 0.25) is 0 Å². The molecular formula is C45H86Br3N3O6. The van der Waals surface area contributed by atoms with E-state index in [0.717, 1.165) is 52.0 Å². The fourth-order valence-corrected chi connectivity index (χ4v) is 6.81. The molecule has 0 aromatic carbocycles. The first kappa shape index (κ1) is 62.6. The number of rotatable bonds is 39. The second kappa shape index (κ2) is 40.4. The number of hydrogen-bond donors (Lipinski definition) is 0. The molecule has 57 heavy (non-hydrogen) atoms. The van der Waals surface area contributed by atoms with Gasteiger partial charge < -0.3 is 78.6 Å². The van der Waals surface area contributed by atoms with Crippen LogP contribution in [0.15, 0.2) is 38.0 Å². The van der Waals surface area contributed by atoms with E-state index in [0.29, 0.717) is 19.8 Å². The monoisotopic (exact) mass is 1000 g/mol. The van der Waals surface area contributed by atoms with Gasteiger partial charge in [-0.15, -0.1) is 0 Å². The number of hydrogen-bond acceptors (Lipinski definition) is 6. The Bertz CT molecular complexity index is 972. The summed E-state index contributed by atoms with van der Waals surface area (Å²) in [6.45, 7) is 20.4. The highest BCUT2D eigenvalue weighted by Gasteiger charge is 2.29. The largest absolute Gasteiger partial charge is 1.00 e. The lowest BCUT2D eigenvalue weighted by molar-refractivity contribution is -0.977. The summed E-state index contributed by atoms with van der Waals surface area (Å²) in [7, 11) is 12.2. The van der Waals surface area contributed by atoms with Gasteiger partial charge in [0.15, 0.2) is 0 Å². The summed E-state index contributed by atoms with van der Waals surface area (Å²) in [6.07, 6.45) is 28.8. The minimum Gasteiger partial charge on any atom is -1.00 e. The van der Waals surface area contributed by atoms with E-state index >= 15 is 0 Å². The second-order valence-corrected chi connectivity index (χ2v) is 17.1. The molecule has 0 heterocycles. The van der Waals surface area contributed by atoms with Gasteiger partial charge in [0, 0.05) is 18.2 Å². The minimum atomic E-state index is -0.323. The van der Waals surface area contributed by atoms with Crippen molar-refractivity contribution in [3.8, 4) is 0 Å². The molecule has 0 saturated carbocycles. The molecule has 0 aromatic rings. The molecule has 0 spiro atoms. The third-order valence-electron chi connectivity index (χ3n) is 10.9. The van der Waals surface area contributed by atoms with E-state index in [2.05, 4.69) is 55.0 Å². The quantitative estimate of drug-likeness (QED) is 0.0284. The van der Waals surface area contributed by atoms with Crippen LogP contribution in [0, 0.1) is 0 Å². The summed E-state index contributed by atoms with van der Waals surface area (Å²) in [5, 5.41) is 0. The van der Waals surface area contributed by atoms with Gasteiger partial charge in [0.25, 0.3) is 0 Å². The van der Waals surface area contributed by atoms with Crippen molar-refractivity contribution in [1.82, 2.24) is 0 Å². The van der Waals surface area contributed by atoms with Crippen molar-refractivity contribution in [1.29, 1.82) is 0 Å². The van der Waals surface area contributed by atoms with Gasteiger partial charge in [-0.25, -0.2) is 14.4 Å². The van der Waals surface area contributed by atoms with Crippen molar-refractivity contribution in [3.63, 3.8) is 0 Å². The summed E-state index contributed by atoms with van der Waals surface area (Å²) in [5.74, 6) is -0.968. The standard InChI is InChI=1S/C45H86N3O6.3BrH/c1-9-43(49)52-40-30-24-18-12-15-21-27-33-46(4,5)36-38-48(8,35-29-23-17-14-20-26-32-42-54-45(51)11-3)39-37-47(6,7)34-28-22-16-13-19-25-31-41-53-44(50)10-2;;;/h9-11H,1-3,12-42H2,4-8H3;3*1H/q+3;;;/p-3. The van der Waals surface area contributed by atoms with Crippen molar-refractivity contribution < 1.29 is 93.0 Å². The fraction of sp³-hybridized carbons (Fsp3) is 0.800. The van der Waals surface area contributed by atoms with E-state index < -0.39 is 0 Å². The first-order chi connectivity index (χ1) is 25.8. The van der Waals surface area contributed by atoms with Crippen molar-refractivity contribution in [2.24, 2.45) is 0 Å². The lowest BCUT2D eigenvalue weighted by Crippen LogP contribution is -3.00. The highest BCUT2D eigenvalue weighted by atomic mass is 79.9. The van der Waals surface area contributed by atoms with Crippen LogP contribution in [0.5, 0.6) is 0 Å². The molecule has 0 atom stereocenters. The van der Waals surface area contributed by atoms with E-state index in [1.807, 2.05) is 0 Å². The molecular weight excluding hydrogens is 918 g/mol. The first-order valence-corrected chi connectivity index (χ1v) is 21.6. The van der Waals surface area contributed by atoms with Crippen molar-refractivity contribution in [3.05, 3.63) is 38.0 Å². The molecule has 0 fully saturated rings. The molecule has 0 bridgehead atoms. The maximum absolute atomic E-state index is 11.2. The van der Waals surface area contributed by atoms with E-state index in [-0.39, 0.29) is 68.9 Å². The highest BCUT2D eigenvalue weighted by molar-refractivity contribution is 5.81. The lowest BCUT2D eigenvalue weighted by atomic mass is 10.1. The summed E-state index contributed by atoms with van der Waals surface area (Å²) in [6, 6.07) is 0. The second-order valence-electron chi connectivity index (χ2n) is 17.1. The molecule has 0 saturated heterocycles. The van der Waals surface area contributed by atoms with Crippen LogP contribution < -0.4 is 50.9 Å². The van der Waals surface area contributed by atoms with Crippen molar-refractivity contribution in [2.45, 2.75) is 135 Å². The van der Waals surface area contributed by atoms with Crippen molar-refractivity contribution >= 4 is 17.9 Å². The molecule has 0 aliphatic heterocycles. The number of carbonyl (C=O) groups excluding carboxylic acids is 3. The van der Waals surface area contributed by atoms with Gasteiger partial charge in [-0.1, -0.05) is 96.8 Å². The Morgan fingerprint density at radius 1 is 0.351 bits per heavy atom. The van der Waals surface area contributed by atoms with Crippen LogP contribution in [0.3, 0.4) is 0 Å². The summed E-state index contributed by atoms with van der Waals surface area (Å²) < 4.78 is 18.6. The molecule has 0 aliphatic carbocycles. The number of ether oxygens (including phenoxy) is 3. The number of quaternary nitrogens is 3. The van der Waals surface area contributed by atoms with Gasteiger partial charge in [0.1, 0.15) is 26.2 Å². The SMILES string of the molecule is C=CC(=O)OCCCCCCCCC[N+](C)(C)CC[N+](C)(CCCCCCCCCOC(=O)C=C)CC[N+](C)(C)CCCCCCCCCOC(=O)C=C.[Br-].[Br-].[Br-]. The summed E-state index contributed by atoms with van der Waals surface area (Å²) in [4.78, 5) is 33.5. The highest BCUT2D eigenvalue weighted by Crippen LogP contribution is 2.16. The van der Waals surface area contributed by atoms with Crippen LogP contribution in [0.25, 0.3) is 0 Å². The van der Waals surface area contributed by atoms with Gasteiger partial charge in [-0.3, -0.25) is 0 Å². The molecule has 0 N–H and O–H groups in total. The van der Waals surface area contributed by atoms with Crippen LogP contribution in [-0.4, -0.2) is 132 Å². The predicted octanol–water partition coefficient (Wildman–Crippen LogP) is -0.0225. The zero-order valence-electron chi connectivity index (χ0n) is 37.2. The Morgan fingerprint density at radius 2 is 0.579 bits per heavy atom. The smallest absolute Gasteiger partial charge is 0.330 e. The molecule has 9 nitrogen and oxygen atoms in total. The molecule has 0 aromatic heterocycles. The van der Waals surface area contributed by atoms with Crippen LogP contribution in [-0.2, 0) is 28.6 Å². The van der Waals surface area contributed by atoms with E-state index in [9.17, 15) is 14.4 Å². The molecule has 0 rings (SSSR count). The van der Waals surface area contributed by atoms with E-state index in [4.69, 9.17) is 14.2 Å². The number of halogens is 3. The number of nitrogens with zero attached hydrogens (tertiary/aromatic N) is 3. The van der Waals surface area contributed by atoms with Crippen LogP contribution in [0.1, 0.15) is 135 Å². The maximum Gasteiger partial charge on any atom is 0.330 e. The topological polar surface area (TPSA) is 78.9 Å². The van der Waals surface area contributed by atoms with E-state index in [1.165, 1.54) is 160 Å². The molecule has 338 valence electrons. The third kappa shape index (κ3) is 41.5. The van der Waals surface area contributed by atoms with Gasteiger partial charge in [-0.05, 0) is 57.8 Å². The zero-order chi connectivity index (χ0) is 40.4. The number of unbranched alkanes of at least 4 members (excludes halogenated alkanes) is 18. The molecule has 0 radical (unpaired) electrons. The average Bonchev–Trinajstić information content (AvgIpc) is 3.15. The summed E-state index contributed by atoms with van der Waals surface area (Å²) in [5.41, 5.74) is 0. The van der Waals surface area contributed by atoms with Crippen LogP contribution in [0.4, 0.5) is 0 Å². The molecule has 0 unspecified atom stereocenters. The summed E-state index contributed by atoms with van der Waals surface area (Å²) >= 11 is 0. The number of likely N-dealkylation sites (N-methyl/N-ethyl adjacent to an activating group) is 3. The fourth-order valence-electron chi connectivity index (χ4n) is 6.81. The molecule has 0 aliphatic rings. The lowest BCUT2D eigenvalue weighted by Gasteiger charge is -2.40. The minimum absolute atomic E-state index is 0. The Balaban J connectivity index is -0.00000468. The number of carbonyl (C=O) groups is 3. The molecule has 0 amide bonds. The van der Waals surface area contributed by atoms with E-state index in [1.54, 1.807) is 0 Å². The Morgan fingerprint density at radius 3 is 0.842 bits per heavy atom. The first-order valence-electron chi connectivity index (χ1n) is 21.6. The van der Waals surface area contributed by atoms with Crippen molar-refractivity contribution in [2.75, 3.05) is 101 Å². The van der Waals surface area contributed by atoms with Gasteiger partial charge >= 0.3 is 17.9 Å². The number of esters is 3. The zero-order valence-corrected chi connectivity index (χ0v) is 42.0.